The molecule has 3 aromatic rings. The molecule has 0 bridgehead atoms. The fraction of sp³-hybridized carbons (Fsp3) is 0.176. The van der Waals surface area contributed by atoms with Gasteiger partial charge in [0.25, 0.3) is 0 Å². The highest BCUT2D eigenvalue weighted by Crippen LogP contribution is 2.17. The van der Waals surface area contributed by atoms with E-state index in [1.54, 1.807) is 18.4 Å². The van der Waals surface area contributed by atoms with Gasteiger partial charge in [0.1, 0.15) is 11.6 Å². The van der Waals surface area contributed by atoms with Crippen molar-refractivity contribution in [2.45, 2.75) is 19.6 Å². The van der Waals surface area contributed by atoms with Gasteiger partial charge in [0, 0.05) is 24.4 Å². The van der Waals surface area contributed by atoms with Crippen LogP contribution < -0.4 is 0 Å². The molecule has 0 aliphatic carbocycles. The second-order valence-electron chi connectivity index (χ2n) is 4.94. The molecule has 0 amide bonds. The molecule has 2 heterocycles. The van der Waals surface area contributed by atoms with Gasteiger partial charge in [-0.1, -0.05) is 12.1 Å². The molecule has 1 N–H and O–H groups in total. The fourth-order valence-corrected chi connectivity index (χ4v) is 2.42. The van der Waals surface area contributed by atoms with Crippen LogP contribution in [-0.2, 0) is 19.6 Å². The Hall–Kier alpha value is -2.33. The van der Waals surface area contributed by atoms with Crippen LogP contribution >= 0.6 is 0 Å². The Morgan fingerprint density at radius 3 is 2.43 bits per heavy atom. The number of aliphatic hydroxyl groups is 1. The van der Waals surface area contributed by atoms with E-state index in [9.17, 15) is 9.50 Å². The Balaban J connectivity index is 1.88. The van der Waals surface area contributed by atoms with Crippen molar-refractivity contribution in [1.29, 1.82) is 0 Å². The van der Waals surface area contributed by atoms with Crippen LogP contribution in [0, 0.1) is 5.82 Å². The lowest BCUT2D eigenvalue weighted by atomic mass is 10.2. The summed E-state index contributed by atoms with van der Waals surface area (Å²) in [6, 6.07) is 14.1. The molecule has 1 aromatic carbocycles. The standard InChI is InChI=1S/C17H16FNO2/c18-14-5-3-13(4-6-14)11-19-15(7-8-16(19)12-20)10-17-2-1-9-21-17/h1-9,20H,10-12H2. The van der Waals surface area contributed by atoms with E-state index >= 15 is 0 Å². The molecule has 0 saturated carbocycles. The SMILES string of the molecule is OCc1ccc(Cc2ccco2)n1Cc1ccc(F)cc1. The third kappa shape index (κ3) is 3.06. The van der Waals surface area contributed by atoms with Crippen LogP contribution in [0.3, 0.4) is 0 Å². The minimum atomic E-state index is -0.246. The van der Waals surface area contributed by atoms with Crippen LogP contribution in [0.15, 0.2) is 59.2 Å². The van der Waals surface area contributed by atoms with Crippen molar-refractivity contribution in [1.82, 2.24) is 4.57 Å². The van der Waals surface area contributed by atoms with Gasteiger partial charge in [0.15, 0.2) is 0 Å². The lowest BCUT2D eigenvalue weighted by Gasteiger charge is -2.12. The Kier molecular flexibility index (Phi) is 3.88. The van der Waals surface area contributed by atoms with E-state index in [4.69, 9.17) is 4.42 Å². The summed E-state index contributed by atoms with van der Waals surface area (Å²) in [7, 11) is 0. The Labute approximate surface area is 122 Å². The third-order valence-electron chi connectivity index (χ3n) is 3.51. The third-order valence-corrected chi connectivity index (χ3v) is 3.51. The lowest BCUT2D eigenvalue weighted by molar-refractivity contribution is 0.271. The van der Waals surface area contributed by atoms with Crippen molar-refractivity contribution in [3.63, 3.8) is 0 Å². The van der Waals surface area contributed by atoms with E-state index < -0.39 is 0 Å². The van der Waals surface area contributed by atoms with E-state index in [0.717, 1.165) is 22.7 Å². The first-order valence-electron chi connectivity index (χ1n) is 6.81. The van der Waals surface area contributed by atoms with E-state index in [1.807, 2.05) is 28.8 Å². The summed E-state index contributed by atoms with van der Waals surface area (Å²) in [6.45, 7) is 0.568. The zero-order chi connectivity index (χ0) is 14.7. The van der Waals surface area contributed by atoms with Gasteiger partial charge in [0.05, 0.1) is 12.9 Å². The number of halogens is 1. The molecule has 0 saturated heterocycles. The zero-order valence-corrected chi connectivity index (χ0v) is 11.5. The number of aliphatic hydroxyl groups excluding tert-OH is 1. The van der Waals surface area contributed by atoms with Crippen LogP contribution in [0.5, 0.6) is 0 Å². The second-order valence-corrected chi connectivity index (χ2v) is 4.94. The molecule has 21 heavy (non-hydrogen) atoms. The molecule has 4 heteroatoms. The van der Waals surface area contributed by atoms with Gasteiger partial charge in [-0.25, -0.2) is 4.39 Å². The predicted octanol–water partition coefficient (Wildman–Crippen LogP) is 3.35. The normalized spacial score (nSPS) is 11.0. The summed E-state index contributed by atoms with van der Waals surface area (Å²) in [4.78, 5) is 0. The van der Waals surface area contributed by atoms with Crippen molar-refractivity contribution >= 4 is 0 Å². The summed E-state index contributed by atoms with van der Waals surface area (Å²) < 4.78 is 20.4. The highest BCUT2D eigenvalue weighted by atomic mass is 19.1. The number of hydrogen-bond acceptors (Lipinski definition) is 2. The number of benzene rings is 1. The molecule has 0 spiro atoms. The van der Waals surface area contributed by atoms with Crippen LogP contribution in [0.1, 0.15) is 22.7 Å². The number of nitrogens with zero attached hydrogens (tertiary/aromatic N) is 1. The van der Waals surface area contributed by atoms with E-state index in [1.165, 1.54) is 12.1 Å². The number of hydrogen-bond donors (Lipinski definition) is 1. The lowest BCUT2D eigenvalue weighted by Crippen LogP contribution is -2.08. The van der Waals surface area contributed by atoms with Crippen molar-refractivity contribution in [3.05, 3.63) is 83.3 Å². The molecule has 3 rings (SSSR count). The first-order chi connectivity index (χ1) is 10.3. The van der Waals surface area contributed by atoms with Gasteiger partial charge < -0.3 is 14.1 Å². The van der Waals surface area contributed by atoms with Crippen molar-refractivity contribution in [3.8, 4) is 0 Å². The first kappa shape index (κ1) is 13.6. The second kappa shape index (κ2) is 5.97. The largest absolute Gasteiger partial charge is 0.469 e. The molecular formula is C17H16FNO2. The molecule has 108 valence electrons. The fourth-order valence-electron chi connectivity index (χ4n) is 2.42. The summed E-state index contributed by atoms with van der Waals surface area (Å²) in [5.41, 5.74) is 2.88. The van der Waals surface area contributed by atoms with Crippen LogP contribution in [0.25, 0.3) is 0 Å². The molecule has 3 nitrogen and oxygen atoms in total. The minimum absolute atomic E-state index is 0.0284. The van der Waals surface area contributed by atoms with E-state index in [2.05, 4.69) is 0 Å². The van der Waals surface area contributed by atoms with Crippen LogP contribution in [-0.4, -0.2) is 9.67 Å². The number of aromatic nitrogens is 1. The highest BCUT2D eigenvalue weighted by molar-refractivity contribution is 5.24. The average molecular weight is 285 g/mol. The topological polar surface area (TPSA) is 38.3 Å². The average Bonchev–Trinajstić information content (AvgIpc) is 3.13. The molecule has 0 fully saturated rings. The summed E-state index contributed by atoms with van der Waals surface area (Å²) in [6.07, 6.45) is 2.31. The highest BCUT2D eigenvalue weighted by Gasteiger charge is 2.10. The maximum Gasteiger partial charge on any atom is 0.123 e. The Morgan fingerprint density at radius 2 is 1.76 bits per heavy atom. The Bertz CT molecular complexity index is 699. The van der Waals surface area contributed by atoms with Gasteiger partial charge in [-0.2, -0.15) is 0 Å². The van der Waals surface area contributed by atoms with E-state index in [0.29, 0.717) is 13.0 Å². The molecule has 0 aliphatic rings. The molecular weight excluding hydrogens is 269 g/mol. The quantitative estimate of drug-likeness (QED) is 0.780. The molecule has 0 radical (unpaired) electrons. The monoisotopic (exact) mass is 285 g/mol. The van der Waals surface area contributed by atoms with Crippen LogP contribution in [0.4, 0.5) is 4.39 Å². The maximum atomic E-state index is 13.0. The van der Waals surface area contributed by atoms with Crippen molar-refractivity contribution in [2.24, 2.45) is 0 Å². The zero-order valence-electron chi connectivity index (χ0n) is 11.5. The van der Waals surface area contributed by atoms with E-state index in [-0.39, 0.29) is 12.4 Å². The Morgan fingerprint density at radius 1 is 1.00 bits per heavy atom. The van der Waals surface area contributed by atoms with Crippen molar-refractivity contribution < 1.29 is 13.9 Å². The maximum absolute atomic E-state index is 13.0. The molecule has 2 aromatic heterocycles. The molecule has 0 atom stereocenters. The smallest absolute Gasteiger partial charge is 0.123 e. The summed E-state index contributed by atoms with van der Waals surface area (Å²) in [5, 5.41) is 9.48. The number of rotatable bonds is 5. The summed E-state index contributed by atoms with van der Waals surface area (Å²) >= 11 is 0. The number of furan rings is 1. The predicted molar refractivity (Wildman–Crippen MR) is 77.4 cm³/mol. The van der Waals surface area contributed by atoms with Gasteiger partial charge in [-0.05, 0) is 42.0 Å². The minimum Gasteiger partial charge on any atom is -0.469 e. The van der Waals surface area contributed by atoms with Crippen molar-refractivity contribution in [2.75, 3.05) is 0 Å². The van der Waals surface area contributed by atoms with Gasteiger partial charge in [0.2, 0.25) is 0 Å². The van der Waals surface area contributed by atoms with Gasteiger partial charge in [-0.3, -0.25) is 0 Å². The first-order valence-corrected chi connectivity index (χ1v) is 6.81. The molecule has 0 unspecified atom stereocenters. The van der Waals surface area contributed by atoms with Gasteiger partial charge in [-0.15, -0.1) is 0 Å². The van der Waals surface area contributed by atoms with Gasteiger partial charge >= 0.3 is 0 Å². The van der Waals surface area contributed by atoms with Crippen LogP contribution in [0.2, 0.25) is 0 Å². The summed E-state index contributed by atoms with van der Waals surface area (Å²) in [5.74, 6) is 0.627. The molecule has 0 aliphatic heterocycles.